The average Bonchev–Trinajstić information content (AvgIpc) is 3.14. The molecule has 0 aromatic heterocycles. The van der Waals surface area contributed by atoms with E-state index in [9.17, 15) is 19.5 Å². The van der Waals surface area contributed by atoms with Gasteiger partial charge < -0.3 is 28.6 Å². The van der Waals surface area contributed by atoms with Gasteiger partial charge in [-0.15, -0.1) is 0 Å². The Bertz CT molecular complexity index is 1090. The van der Waals surface area contributed by atoms with Gasteiger partial charge in [0.1, 0.15) is 12.6 Å². The minimum absolute atomic E-state index is 0.0196. The molecule has 0 saturated carbocycles. The number of carboxylic acid groups (broad SMARTS) is 1. The van der Waals surface area contributed by atoms with E-state index in [1.165, 1.54) is 64.2 Å². The Labute approximate surface area is 337 Å². The van der Waals surface area contributed by atoms with Gasteiger partial charge in [-0.3, -0.25) is 9.59 Å². The second-order valence-electron chi connectivity index (χ2n) is 15.5. The van der Waals surface area contributed by atoms with Gasteiger partial charge in [-0.1, -0.05) is 139 Å². The fraction of sp³-hybridized carbons (Fsp3) is 0.723. The zero-order chi connectivity index (χ0) is 40.7. The Morgan fingerprint density at radius 2 is 1.04 bits per heavy atom. The maximum absolute atomic E-state index is 12.7. The molecule has 316 valence electrons. The van der Waals surface area contributed by atoms with E-state index in [0.717, 1.165) is 64.2 Å². The van der Waals surface area contributed by atoms with Crippen molar-refractivity contribution in [3.8, 4) is 0 Å². The Hall–Kier alpha value is -2.97. The van der Waals surface area contributed by atoms with Crippen molar-refractivity contribution >= 4 is 17.9 Å². The van der Waals surface area contributed by atoms with Crippen LogP contribution in [0.2, 0.25) is 0 Å². The molecule has 0 amide bonds. The number of carboxylic acids is 1. The van der Waals surface area contributed by atoms with E-state index in [1.54, 1.807) is 21.1 Å². The summed E-state index contributed by atoms with van der Waals surface area (Å²) in [7, 11) is 5.38. The summed E-state index contributed by atoms with van der Waals surface area (Å²) in [5.41, 5.74) is 0. The van der Waals surface area contributed by atoms with Crippen molar-refractivity contribution < 1.29 is 38.2 Å². The first kappa shape index (κ1) is 52.0. The third kappa shape index (κ3) is 36.4. The van der Waals surface area contributed by atoms with E-state index in [2.05, 4.69) is 74.6 Å². The highest BCUT2D eigenvalue weighted by atomic mass is 16.6. The number of carbonyl (C=O) groups is 3. The number of esters is 2. The van der Waals surface area contributed by atoms with E-state index < -0.39 is 18.1 Å². The SMILES string of the molecule is CC/C=C/C/C=C/CCCCCCCCCC(=O)OC(COCCC(C(=O)[O-])[N+](C)(C)C)COC(=O)CCC/C=C/C/C=C/C/C=C/CCCCCCCC. The summed E-state index contributed by atoms with van der Waals surface area (Å²) >= 11 is 0. The normalized spacial score (nSPS) is 13.5. The number of unbranched alkanes of at least 4 members (excludes halogenated alkanes) is 14. The molecule has 0 aliphatic carbocycles. The number of carbonyl (C=O) groups excluding carboxylic acids is 3. The molecule has 0 heterocycles. The van der Waals surface area contributed by atoms with Crippen LogP contribution in [0.3, 0.4) is 0 Å². The highest BCUT2D eigenvalue weighted by molar-refractivity contribution is 5.70. The molecule has 0 aromatic rings. The number of hydrogen-bond acceptors (Lipinski definition) is 7. The fourth-order valence-corrected chi connectivity index (χ4v) is 6.01. The molecule has 0 aliphatic heterocycles. The van der Waals surface area contributed by atoms with Gasteiger partial charge in [0.2, 0.25) is 0 Å². The number of aliphatic carboxylic acids is 1. The Morgan fingerprint density at radius 1 is 0.564 bits per heavy atom. The molecule has 55 heavy (non-hydrogen) atoms. The van der Waals surface area contributed by atoms with Crippen molar-refractivity contribution in [2.24, 2.45) is 0 Å². The van der Waals surface area contributed by atoms with Crippen molar-refractivity contribution in [3.63, 3.8) is 0 Å². The third-order valence-electron chi connectivity index (χ3n) is 9.39. The summed E-state index contributed by atoms with van der Waals surface area (Å²) in [5, 5.41) is 11.6. The highest BCUT2D eigenvalue weighted by Crippen LogP contribution is 2.13. The van der Waals surface area contributed by atoms with E-state index >= 15 is 0 Å². The largest absolute Gasteiger partial charge is 0.544 e. The standard InChI is InChI=1S/C47H81NO7/c1-6-8-10-12-14-16-18-20-22-23-24-26-27-29-31-33-35-37-45(49)54-42-43(41-53-40-39-44(47(51)52)48(3,4)5)55-46(50)38-36-34-32-30-28-25-21-19-17-15-13-11-9-7-2/h9,11,15,17,20,22,24,26,29,31,43-44H,6-8,10,12-14,16,18-19,21,23,25,27-28,30,32-42H2,1-5H3/b11-9+,17-15+,22-20+,26-24+,31-29+. The Morgan fingerprint density at radius 3 is 1.56 bits per heavy atom. The van der Waals surface area contributed by atoms with Gasteiger partial charge in [0.25, 0.3) is 0 Å². The number of ether oxygens (including phenoxy) is 3. The number of hydrogen-bond donors (Lipinski definition) is 0. The molecule has 8 heteroatoms. The lowest BCUT2D eigenvalue weighted by Gasteiger charge is -2.34. The van der Waals surface area contributed by atoms with Crippen molar-refractivity contribution in [1.82, 2.24) is 0 Å². The highest BCUT2D eigenvalue weighted by Gasteiger charge is 2.25. The van der Waals surface area contributed by atoms with Crippen LogP contribution in [-0.4, -0.2) is 75.5 Å². The summed E-state index contributed by atoms with van der Waals surface area (Å²) in [5.74, 6) is -1.82. The van der Waals surface area contributed by atoms with Crippen LogP contribution >= 0.6 is 0 Å². The summed E-state index contributed by atoms with van der Waals surface area (Å²) < 4.78 is 17.1. The molecule has 0 aromatic carbocycles. The number of allylic oxidation sites excluding steroid dienone is 10. The quantitative estimate of drug-likeness (QED) is 0.0266. The lowest BCUT2D eigenvalue weighted by molar-refractivity contribution is -0.889. The Kier molecular flexibility index (Phi) is 35.9. The summed E-state index contributed by atoms with van der Waals surface area (Å²) in [6, 6.07) is -0.736. The molecule has 0 spiro atoms. The molecule has 0 saturated heterocycles. The topological polar surface area (TPSA) is 102 Å². The average molecular weight is 772 g/mol. The van der Waals surface area contributed by atoms with Crippen molar-refractivity contribution in [2.45, 2.75) is 180 Å². The van der Waals surface area contributed by atoms with Crippen molar-refractivity contribution in [3.05, 3.63) is 60.8 Å². The summed E-state index contributed by atoms with van der Waals surface area (Å²) in [4.78, 5) is 36.8. The minimum atomic E-state index is -1.13. The second-order valence-corrected chi connectivity index (χ2v) is 15.5. The lowest BCUT2D eigenvalue weighted by atomic mass is 10.1. The smallest absolute Gasteiger partial charge is 0.306 e. The summed E-state index contributed by atoms with van der Waals surface area (Å²) in [6.45, 7) is 4.48. The maximum atomic E-state index is 12.7. The molecule has 2 atom stereocenters. The molecular formula is C47H81NO7. The van der Waals surface area contributed by atoms with Crippen LogP contribution in [0.4, 0.5) is 0 Å². The first-order chi connectivity index (χ1) is 26.6. The predicted octanol–water partition coefficient (Wildman–Crippen LogP) is 10.5. The zero-order valence-corrected chi connectivity index (χ0v) is 35.8. The lowest BCUT2D eigenvalue weighted by Crippen LogP contribution is -2.55. The van der Waals surface area contributed by atoms with Crippen LogP contribution in [-0.2, 0) is 28.6 Å². The molecule has 0 bridgehead atoms. The van der Waals surface area contributed by atoms with E-state index in [-0.39, 0.29) is 49.1 Å². The fourth-order valence-electron chi connectivity index (χ4n) is 6.01. The minimum Gasteiger partial charge on any atom is -0.544 e. The monoisotopic (exact) mass is 772 g/mol. The van der Waals surface area contributed by atoms with Crippen LogP contribution in [0.1, 0.15) is 168 Å². The second kappa shape index (κ2) is 37.9. The Balaban J connectivity index is 4.45. The third-order valence-corrected chi connectivity index (χ3v) is 9.39. The molecule has 0 aliphatic rings. The van der Waals surface area contributed by atoms with Gasteiger partial charge in [0.05, 0.1) is 40.3 Å². The molecule has 0 radical (unpaired) electrons. The summed E-state index contributed by atoms with van der Waals surface area (Å²) in [6.07, 6.45) is 45.4. The zero-order valence-electron chi connectivity index (χ0n) is 35.8. The molecular weight excluding hydrogens is 691 g/mol. The first-order valence-electron chi connectivity index (χ1n) is 21.8. The predicted molar refractivity (Wildman–Crippen MR) is 226 cm³/mol. The van der Waals surface area contributed by atoms with E-state index in [0.29, 0.717) is 12.8 Å². The van der Waals surface area contributed by atoms with E-state index in [1.807, 2.05) is 0 Å². The van der Waals surface area contributed by atoms with Gasteiger partial charge >= 0.3 is 11.9 Å². The molecule has 8 nitrogen and oxygen atoms in total. The van der Waals surface area contributed by atoms with Crippen LogP contribution in [0.5, 0.6) is 0 Å². The molecule has 2 unspecified atom stereocenters. The number of rotatable bonds is 38. The molecule has 0 N–H and O–H groups in total. The van der Waals surface area contributed by atoms with Crippen LogP contribution in [0.25, 0.3) is 0 Å². The van der Waals surface area contributed by atoms with Crippen LogP contribution < -0.4 is 5.11 Å². The van der Waals surface area contributed by atoms with Crippen molar-refractivity contribution in [1.29, 1.82) is 0 Å². The van der Waals surface area contributed by atoms with Crippen LogP contribution in [0, 0.1) is 0 Å². The molecule has 0 fully saturated rings. The molecule has 0 rings (SSSR count). The van der Waals surface area contributed by atoms with Crippen molar-refractivity contribution in [2.75, 3.05) is 41.0 Å². The van der Waals surface area contributed by atoms with Crippen LogP contribution in [0.15, 0.2) is 60.8 Å². The van der Waals surface area contributed by atoms with E-state index in [4.69, 9.17) is 14.2 Å². The van der Waals surface area contributed by atoms with Gasteiger partial charge in [-0.25, -0.2) is 0 Å². The van der Waals surface area contributed by atoms with Gasteiger partial charge in [0, 0.05) is 19.3 Å². The first-order valence-corrected chi connectivity index (χ1v) is 21.8. The number of likely N-dealkylation sites (N-methyl/N-ethyl adjacent to an activating group) is 1. The van der Waals surface area contributed by atoms with Gasteiger partial charge in [-0.2, -0.15) is 0 Å². The number of nitrogens with zero attached hydrogens (tertiary/aromatic N) is 1. The maximum Gasteiger partial charge on any atom is 0.306 e. The van der Waals surface area contributed by atoms with Gasteiger partial charge in [-0.05, 0) is 70.6 Å². The number of quaternary nitrogens is 1. The van der Waals surface area contributed by atoms with Gasteiger partial charge in [0.15, 0.2) is 6.10 Å².